The minimum absolute atomic E-state index is 0.00235. The molecular formula is C25H24ClN3O3. The van der Waals surface area contributed by atoms with Crippen molar-refractivity contribution < 1.29 is 14.6 Å². The summed E-state index contributed by atoms with van der Waals surface area (Å²) in [7, 11) is 0. The Hall–Kier alpha value is -3.22. The van der Waals surface area contributed by atoms with Crippen LogP contribution in [0.3, 0.4) is 0 Å². The number of fused-ring (bicyclic) bond motifs is 1. The van der Waals surface area contributed by atoms with Crippen LogP contribution in [0.5, 0.6) is 0 Å². The number of aryl methyl sites for hydroxylation is 1. The van der Waals surface area contributed by atoms with Crippen molar-refractivity contribution in [2.45, 2.75) is 39.4 Å². The minimum atomic E-state index is -0.853. The van der Waals surface area contributed by atoms with Crippen LogP contribution < -0.4 is 0 Å². The van der Waals surface area contributed by atoms with Crippen molar-refractivity contribution in [3.63, 3.8) is 0 Å². The Morgan fingerprint density at radius 3 is 2.75 bits per heavy atom. The fraction of sp³-hybridized carbons (Fsp3) is 0.240. The normalized spacial score (nSPS) is 11.2. The second-order valence-electron chi connectivity index (χ2n) is 7.53. The van der Waals surface area contributed by atoms with E-state index in [0.717, 1.165) is 45.6 Å². The number of ether oxygens (including phenoxy) is 1. The van der Waals surface area contributed by atoms with E-state index in [2.05, 4.69) is 18.0 Å². The maximum Gasteiger partial charge on any atom is 0.303 e. The highest BCUT2D eigenvalue weighted by atomic mass is 35.5. The van der Waals surface area contributed by atoms with Crippen LogP contribution in [0.25, 0.3) is 16.6 Å². The Morgan fingerprint density at radius 1 is 1.16 bits per heavy atom. The highest BCUT2D eigenvalue weighted by Gasteiger charge is 2.20. The standard InChI is InChI=1S/C25H24ClN3O3/c1-2-20-8-10-23-25(18-6-3-7-19(26)13-18)21(9-11-24(30)31)22(28-29(20)23)16-32-15-17-5-4-12-27-14-17/h3-8,10,12-14H,2,9,11,15-16H2,1H3,(H,30,31). The van der Waals surface area contributed by atoms with E-state index in [9.17, 15) is 9.90 Å². The molecule has 0 radical (unpaired) electrons. The van der Waals surface area contributed by atoms with Crippen molar-refractivity contribution in [1.29, 1.82) is 0 Å². The predicted octanol–water partition coefficient (Wildman–Crippen LogP) is 5.35. The Bertz CT molecular complexity index is 1240. The molecule has 3 heterocycles. The molecule has 0 spiro atoms. The molecule has 4 aromatic rings. The largest absolute Gasteiger partial charge is 0.481 e. The summed E-state index contributed by atoms with van der Waals surface area (Å²) in [5, 5.41) is 14.9. The molecule has 164 valence electrons. The smallest absolute Gasteiger partial charge is 0.303 e. The van der Waals surface area contributed by atoms with Gasteiger partial charge in [-0.3, -0.25) is 9.78 Å². The molecule has 0 fully saturated rings. The number of aromatic nitrogens is 3. The van der Waals surface area contributed by atoms with Gasteiger partial charge in [0.2, 0.25) is 0 Å². The summed E-state index contributed by atoms with van der Waals surface area (Å²) in [5.41, 5.74) is 6.44. The Morgan fingerprint density at radius 2 is 2.03 bits per heavy atom. The minimum Gasteiger partial charge on any atom is -0.481 e. The average Bonchev–Trinajstić information content (AvgIpc) is 3.20. The highest BCUT2D eigenvalue weighted by molar-refractivity contribution is 6.30. The van der Waals surface area contributed by atoms with Crippen LogP contribution in [-0.2, 0) is 35.6 Å². The number of pyridine rings is 1. The maximum atomic E-state index is 11.4. The van der Waals surface area contributed by atoms with Gasteiger partial charge in [-0.25, -0.2) is 4.52 Å². The van der Waals surface area contributed by atoms with E-state index in [4.69, 9.17) is 21.4 Å². The number of halogens is 1. The van der Waals surface area contributed by atoms with Crippen LogP contribution in [0.1, 0.15) is 35.9 Å². The second kappa shape index (κ2) is 9.94. The van der Waals surface area contributed by atoms with Gasteiger partial charge in [0, 0.05) is 35.1 Å². The molecule has 0 aliphatic heterocycles. The first-order valence-electron chi connectivity index (χ1n) is 10.5. The van der Waals surface area contributed by atoms with E-state index in [1.807, 2.05) is 47.0 Å². The zero-order valence-corrected chi connectivity index (χ0v) is 18.5. The fourth-order valence-electron chi connectivity index (χ4n) is 3.86. The van der Waals surface area contributed by atoms with Crippen LogP contribution in [0.2, 0.25) is 5.02 Å². The van der Waals surface area contributed by atoms with Crippen molar-refractivity contribution in [2.24, 2.45) is 0 Å². The first-order valence-corrected chi connectivity index (χ1v) is 10.9. The van der Waals surface area contributed by atoms with Gasteiger partial charge in [0.25, 0.3) is 0 Å². The molecule has 0 bridgehead atoms. The van der Waals surface area contributed by atoms with Gasteiger partial charge in [0.15, 0.2) is 0 Å². The van der Waals surface area contributed by atoms with Crippen LogP contribution in [0.15, 0.2) is 60.9 Å². The third-order valence-electron chi connectivity index (χ3n) is 5.36. The molecule has 0 unspecified atom stereocenters. The number of benzene rings is 1. The van der Waals surface area contributed by atoms with Crippen LogP contribution in [0.4, 0.5) is 0 Å². The summed E-state index contributed by atoms with van der Waals surface area (Å²) in [4.78, 5) is 15.5. The van der Waals surface area contributed by atoms with Crippen molar-refractivity contribution in [3.05, 3.63) is 88.5 Å². The summed E-state index contributed by atoms with van der Waals surface area (Å²) in [6, 6.07) is 15.5. The number of aliphatic carboxylic acids is 1. The third-order valence-corrected chi connectivity index (χ3v) is 5.59. The van der Waals surface area contributed by atoms with Gasteiger partial charge in [0.05, 0.1) is 24.4 Å². The zero-order chi connectivity index (χ0) is 22.5. The van der Waals surface area contributed by atoms with E-state index in [1.54, 1.807) is 12.4 Å². The topological polar surface area (TPSA) is 76.7 Å². The number of carbonyl (C=O) groups is 1. The molecule has 7 heteroatoms. The van der Waals surface area contributed by atoms with Gasteiger partial charge in [-0.15, -0.1) is 0 Å². The van der Waals surface area contributed by atoms with E-state index >= 15 is 0 Å². The van der Waals surface area contributed by atoms with E-state index in [0.29, 0.717) is 18.1 Å². The summed E-state index contributed by atoms with van der Waals surface area (Å²) >= 11 is 6.30. The molecule has 0 saturated heterocycles. The number of rotatable bonds is 9. The predicted molar refractivity (Wildman–Crippen MR) is 124 cm³/mol. The molecule has 0 aliphatic carbocycles. The lowest BCUT2D eigenvalue weighted by atomic mass is 9.95. The van der Waals surface area contributed by atoms with Crippen LogP contribution in [0, 0.1) is 0 Å². The molecule has 0 amide bonds. The second-order valence-corrected chi connectivity index (χ2v) is 7.97. The molecule has 6 nitrogen and oxygen atoms in total. The maximum absolute atomic E-state index is 11.4. The summed E-state index contributed by atoms with van der Waals surface area (Å²) in [5.74, 6) is -0.853. The number of carboxylic acids is 1. The number of carboxylic acid groups (broad SMARTS) is 1. The van der Waals surface area contributed by atoms with Crippen molar-refractivity contribution in [3.8, 4) is 11.1 Å². The summed E-state index contributed by atoms with van der Waals surface area (Å²) in [6.07, 6.45) is 4.65. The van der Waals surface area contributed by atoms with Crippen molar-refractivity contribution in [1.82, 2.24) is 14.6 Å². The average molecular weight is 450 g/mol. The lowest BCUT2D eigenvalue weighted by Crippen LogP contribution is -2.11. The molecule has 32 heavy (non-hydrogen) atoms. The zero-order valence-electron chi connectivity index (χ0n) is 17.8. The van der Waals surface area contributed by atoms with Crippen LogP contribution >= 0.6 is 11.6 Å². The van der Waals surface area contributed by atoms with Crippen molar-refractivity contribution in [2.75, 3.05) is 0 Å². The van der Waals surface area contributed by atoms with Crippen molar-refractivity contribution >= 4 is 23.1 Å². The first-order chi connectivity index (χ1) is 15.6. The van der Waals surface area contributed by atoms with E-state index < -0.39 is 5.97 Å². The van der Waals surface area contributed by atoms with Gasteiger partial charge in [-0.05, 0) is 59.9 Å². The molecule has 0 saturated carbocycles. The van der Waals surface area contributed by atoms with Gasteiger partial charge >= 0.3 is 5.97 Å². The Labute approximate surface area is 191 Å². The molecule has 1 aromatic carbocycles. The molecule has 1 N–H and O–H groups in total. The van der Waals surface area contributed by atoms with E-state index in [-0.39, 0.29) is 13.0 Å². The third kappa shape index (κ3) is 4.82. The fourth-order valence-corrected chi connectivity index (χ4v) is 4.05. The lowest BCUT2D eigenvalue weighted by molar-refractivity contribution is -0.136. The summed E-state index contributed by atoms with van der Waals surface area (Å²) < 4.78 is 7.91. The molecule has 0 aliphatic rings. The van der Waals surface area contributed by atoms with Gasteiger partial charge < -0.3 is 9.84 Å². The number of hydrogen-bond acceptors (Lipinski definition) is 4. The molecular weight excluding hydrogens is 426 g/mol. The monoisotopic (exact) mass is 449 g/mol. The van der Waals surface area contributed by atoms with Gasteiger partial charge in [0.1, 0.15) is 0 Å². The molecule has 4 rings (SSSR count). The van der Waals surface area contributed by atoms with Gasteiger partial charge in [-0.1, -0.05) is 36.7 Å². The number of hydrogen-bond donors (Lipinski definition) is 1. The van der Waals surface area contributed by atoms with E-state index in [1.165, 1.54) is 0 Å². The highest BCUT2D eigenvalue weighted by Crippen LogP contribution is 2.34. The first kappa shape index (κ1) is 22.0. The quantitative estimate of drug-likeness (QED) is 0.373. The Kier molecular flexibility index (Phi) is 6.83. The summed E-state index contributed by atoms with van der Waals surface area (Å²) in [6.45, 7) is 2.73. The van der Waals surface area contributed by atoms with Gasteiger partial charge in [-0.2, -0.15) is 5.10 Å². The van der Waals surface area contributed by atoms with Crippen LogP contribution in [-0.4, -0.2) is 25.7 Å². The number of nitrogens with zero attached hydrogens (tertiary/aromatic N) is 3. The molecule has 0 atom stereocenters. The Balaban J connectivity index is 1.82. The SMILES string of the molecule is CCc1ccc2c(-c3cccc(Cl)c3)c(CCC(=O)O)c(COCc3cccnc3)nn12. The molecule has 3 aromatic heterocycles. The lowest BCUT2D eigenvalue weighted by Gasteiger charge is -2.17.